The smallest absolute Gasteiger partial charge is 0.335 e. The van der Waals surface area contributed by atoms with Crippen molar-refractivity contribution in [3.05, 3.63) is 107 Å². The number of hydrogen-bond acceptors (Lipinski definition) is 5. The van der Waals surface area contributed by atoms with E-state index in [2.05, 4.69) is 9.71 Å². The van der Waals surface area contributed by atoms with Gasteiger partial charge in [0.15, 0.2) is 0 Å². The van der Waals surface area contributed by atoms with Crippen LogP contribution in [0.4, 0.5) is 5.69 Å². The lowest BCUT2D eigenvalue weighted by Gasteiger charge is -2.19. The van der Waals surface area contributed by atoms with Crippen LogP contribution < -0.4 is 5.32 Å². The molecule has 1 aliphatic rings. The minimum Gasteiger partial charge on any atom is -0.478 e. The molecule has 0 bridgehead atoms. The summed E-state index contributed by atoms with van der Waals surface area (Å²) in [5.74, 6) is -1.12. The molecule has 0 fully saturated rings. The Balaban J connectivity index is 1.74. The van der Waals surface area contributed by atoms with E-state index >= 15 is 0 Å². The molecule has 4 rings (SSSR count). The Labute approximate surface area is 197 Å². The number of aromatic carboxylic acids is 1. The number of carboxylic acid groups (broad SMARTS) is 1. The van der Waals surface area contributed by atoms with Crippen LogP contribution in [0, 0.1) is 0 Å². The molecule has 0 aromatic heterocycles. The van der Waals surface area contributed by atoms with Gasteiger partial charge < -0.3 is 10.4 Å². The van der Waals surface area contributed by atoms with Crippen LogP contribution in [0.15, 0.2) is 93.9 Å². The second-order valence-electron chi connectivity index (χ2n) is 8.12. The fourth-order valence-corrected chi connectivity index (χ4v) is 4.55. The number of benzene rings is 3. The van der Waals surface area contributed by atoms with E-state index in [-0.39, 0.29) is 33.6 Å². The van der Waals surface area contributed by atoms with Gasteiger partial charge in [-0.15, -0.1) is 0 Å². The van der Waals surface area contributed by atoms with Crippen LogP contribution in [0.1, 0.15) is 51.6 Å². The number of hydrogen-bond donors (Lipinski definition) is 2. The molecular weight excluding hydrogens is 452 g/mol. The first-order chi connectivity index (χ1) is 16.2. The number of nitrogens with zero attached hydrogens (tertiary/aromatic N) is 1. The molecule has 0 amide bonds. The van der Waals surface area contributed by atoms with Crippen molar-refractivity contribution in [3.8, 4) is 0 Å². The average molecular weight is 475 g/mol. The molecule has 7 nitrogen and oxygen atoms in total. The van der Waals surface area contributed by atoms with Crippen LogP contribution in [0.2, 0.25) is 0 Å². The predicted octanol–water partition coefficient (Wildman–Crippen LogP) is 4.88. The minimum absolute atomic E-state index is 0.0611. The highest BCUT2D eigenvalue weighted by molar-refractivity contribution is 7.90. The van der Waals surface area contributed by atoms with Crippen molar-refractivity contribution in [2.75, 3.05) is 5.32 Å². The average Bonchev–Trinajstić information content (AvgIpc) is 2.82. The number of anilines is 1. The Bertz CT molecular complexity index is 1440. The van der Waals surface area contributed by atoms with Crippen molar-refractivity contribution in [2.24, 2.45) is 4.40 Å². The summed E-state index contributed by atoms with van der Waals surface area (Å²) in [6, 6.07) is 19.1. The summed E-state index contributed by atoms with van der Waals surface area (Å²) in [6.07, 6.45) is 1.40. The SMILES string of the molecule is CC(C)c1ccc(S(=O)(=O)/N=C2/C=C(Nc3ccc(C(=O)O)cc3)C(=O)c3ccccc32)cc1. The second-order valence-corrected chi connectivity index (χ2v) is 9.72. The van der Waals surface area contributed by atoms with Gasteiger partial charge in [0.05, 0.1) is 21.9 Å². The monoisotopic (exact) mass is 474 g/mol. The summed E-state index contributed by atoms with van der Waals surface area (Å²) in [5, 5.41) is 12.0. The van der Waals surface area contributed by atoms with E-state index in [4.69, 9.17) is 5.11 Å². The highest BCUT2D eigenvalue weighted by atomic mass is 32.2. The molecule has 8 heteroatoms. The molecule has 0 spiro atoms. The number of carbonyl (C=O) groups is 2. The molecule has 0 atom stereocenters. The van der Waals surface area contributed by atoms with Gasteiger partial charge in [-0.25, -0.2) is 4.79 Å². The largest absolute Gasteiger partial charge is 0.478 e. The van der Waals surface area contributed by atoms with Gasteiger partial charge in [0.25, 0.3) is 10.0 Å². The Morgan fingerprint density at radius 2 is 1.53 bits per heavy atom. The standard InChI is InChI=1S/C26H22N2O5S/c1-16(2)17-9-13-20(14-10-17)34(32,33)28-23-15-24(25(29)22-6-4-3-5-21(22)23)27-19-11-7-18(8-12-19)26(30)31/h3-16,27H,1-2H3,(H,30,31)/b28-23-. The number of allylic oxidation sites excluding steroid dienone is 2. The summed E-state index contributed by atoms with van der Waals surface area (Å²) < 4.78 is 30.2. The summed E-state index contributed by atoms with van der Waals surface area (Å²) in [6.45, 7) is 4.04. The van der Waals surface area contributed by atoms with Crippen molar-refractivity contribution in [2.45, 2.75) is 24.7 Å². The molecule has 0 heterocycles. The maximum atomic E-state index is 13.1. The van der Waals surface area contributed by atoms with E-state index in [1.165, 1.54) is 42.5 Å². The molecule has 3 aromatic carbocycles. The molecular formula is C26H22N2O5S. The van der Waals surface area contributed by atoms with E-state index in [0.29, 0.717) is 16.8 Å². The molecule has 2 N–H and O–H groups in total. The van der Waals surface area contributed by atoms with Crippen LogP contribution in [0.5, 0.6) is 0 Å². The lowest BCUT2D eigenvalue weighted by atomic mass is 9.92. The molecule has 0 aliphatic heterocycles. The summed E-state index contributed by atoms with van der Waals surface area (Å²) in [7, 11) is -4.03. The van der Waals surface area contributed by atoms with E-state index in [0.717, 1.165) is 5.56 Å². The number of fused-ring (bicyclic) bond motifs is 1. The lowest BCUT2D eigenvalue weighted by Crippen LogP contribution is -2.22. The van der Waals surface area contributed by atoms with Gasteiger partial charge >= 0.3 is 5.97 Å². The Morgan fingerprint density at radius 3 is 2.12 bits per heavy atom. The fourth-order valence-electron chi connectivity index (χ4n) is 3.56. The number of ketones is 1. The van der Waals surface area contributed by atoms with Gasteiger partial charge in [-0.05, 0) is 54.0 Å². The number of rotatable bonds is 6. The molecule has 34 heavy (non-hydrogen) atoms. The van der Waals surface area contributed by atoms with Crippen LogP contribution in [0.3, 0.4) is 0 Å². The van der Waals surface area contributed by atoms with E-state index in [1.807, 2.05) is 13.8 Å². The molecule has 0 saturated carbocycles. The van der Waals surface area contributed by atoms with E-state index in [1.54, 1.807) is 36.4 Å². The first-order valence-electron chi connectivity index (χ1n) is 10.6. The molecule has 0 unspecified atom stereocenters. The van der Waals surface area contributed by atoms with Crippen LogP contribution >= 0.6 is 0 Å². The number of carbonyl (C=O) groups excluding carboxylic acids is 1. The van der Waals surface area contributed by atoms with Gasteiger partial charge in [-0.3, -0.25) is 4.79 Å². The van der Waals surface area contributed by atoms with Crippen molar-refractivity contribution in [1.82, 2.24) is 0 Å². The Hall–Kier alpha value is -4.04. The van der Waals surface area contributed by atoms with Gasteiger partial charge in [0.2, 0.25) is 5.78 Å². The zero-order valence-electron chi connectivity index (χ0n) is 18.5. The number of Topliss-reactive ketones (excluding diaryl/α,β-unsaturated/α-hetero) is 1. The molecule has 1 aliphatic carbocycles. The number of nitrogens with one attached hydrogen (secondary N) is 1. The van der Waals surface area contributed by atoms with Crippen LogP contribution in [0.25, 0.3) is 0 Å². The Kier molecular flexibility index (Phi) is 6.17. The van der Waals surface area contributed by atoms with Crippen molar-refractivity contribution >= 4 is 33.2 Å². The zero-order chi connectivity index (χ0) is 24.5. The lowest BCUT2D eigenvalue weighted by molar-refractivity contribution is 0.0696. The third-order valence-electron chi connectivity index (χ3n) is 5.45. The topological polar surface area (TPSA) is 113 Å². The fraction of sp³-hybridized carbons (Fsp3) is 0.115. The normalized spacial score (nSPS) is 14.6. The maximum absolute atomic E-state index is 13.1. The van der Waals surface area contributed by atoms with Crippen LogP contribution in [-0.4, -0.2) is 31.0 Å². The summed E-state index contributed by atoms with van der Waals surface area (Å²) >= 11 is 0. The van der Waals surface area contributed by atoms with E-state index in [9.17, 15) is 18.0 Å². The minimum atomic E-state index is -4.03. The summed E-state index contributed by atoms with van der Waals surface area (Å²) in [4.78, 5) is 24.2. The van der Waals surface area contributed by atoms with Gasteiger partial charge in [-0.2, -0.15) is 12.8 Å². The van der Waals surface area contributed by atoms with Crippen molar-refractivity contribution in [1.29, 1.82) is 0 Å². The third kappa shape index (κ3) is 4.67. The molecule has 172 valence electrons. The van der Waals surface area contributed by atoms with Gasteiger partial charge in [0.1, 0.15) is 0 Å². The first kappa shape index (κ1) is 23.1. The Morgan fingerprint density at radius 1 is 0.912 bits per heavy atom. The van der Waals surface area contributed by atoms with Gasteiger partial charge in [0, 0.05) is 16.8 Å². The number of sulfonamides is 1. The second kappa shape index (κ2) is 9.07. The highest BCUT2D eigenvalue weighted by Crippen LogP contribution is 2.26. The third-order valence-corrected chi connectivity index (χ3v) is 6.75. The predicted molar refractivity (Wildman–Crippen MR) is 130 cm³/mol. The molecule has 0 radical (unpaired) electrons. The quantitative estimate of drug-likeness (QED) is 0.527. The van der Waals surface area contributed by atoms with Crippen LogP contribution in [-0.2, 0) is 10.0 Å². The molecule has 3 aromatic rings. The number of carboxylic acids is 1. The van der Waals surface area contributed by atoms with E-state index < -0.39 is 16.0 Å². The van der Waals surface area contributed by atoms with Crippen molar-refractivity contribution < 1.29 is 23.1 Å². The first-order valence-corrected chi connectivity index (χ1v) is 12.0. The van der Waals surface area contributed by atoms with Crippen molar-refractivity contribution in [3.63, 3.8) is 0 Å². The maximum Gasteiger partial charge on any atom is 0.335 e. The van der Waals surface area contributed by atoms with Gasteiger partial charge in [-0.1, -0.05) is 50.2 Å². The highest BCUT2D eigenvalue weighted by Gasteiger charge is 2.26. The summed E-state index contributed by atoms with van der Waals surface area (Å²) in [5.41, 5.74) is 2.60. The zero-order valence-corrected chi connectivity index (χ0v) is 19.3. The molecule has 0 saturated heterocycles.